The summed E-state index contributed by atoms with van der Waals surface area (Å²) < 4.78 is 0. The number of hydrogen-bond acceptors (Lipinski definition) is 3. The minimum Gasteiger partial charge on any atom is -0.329 e. The highest BCUT2D eigenvalue weighted by Gasteiger charge is 2.45. The highest BCUT2D eigenvalue weighted by molar-refractivity contribution is 5.01. The molecule has 0 amide bonds. The van der Waals surface area contributed by atoms with Crippen LogP contribution in [0.4, 0.5) is 0 Å². The Labute approximate surface area is 119 Å². The molecule has 2 aliphatic rings. The van der Waals surface area contributed by atoms with Crippen LogP contribution < -0.4 is 5.73 Å². The lowest BCUT2D eigenvalue weighted by Crippen LogP contribution is -2.63. The fourth-order valence-electron chi connectivity index (χ4n) is 4.41. The molecule has 0 aromatic rings. The Bertz CT molecular complexity index is 286. The average Bonchev–Trinajstić information content (AvgIpc) is 2.42. The molecule has 2 fully saturated rings. The molecule has 3 heteroatoms. The quantitative estimate of drug-likeness (QED) is 0.850. The summed E-state index contributed by atoms with van der Waals surface area (Å²) in [6.45, 7) is 8.14. The summed E-state index contributed by atoms with van der Waals surface area (Å²) in [5, 5.41) is 0. The van der Waals surface area contributed by atoms with E-state index in [1.54, 1.807) is 0 Å². The molecule has 3 atom stereocenters. The molecule has 1 aliphatic carbocycles. The van der Waals surface area contributed by atoms with E-state index < -0.39 is 0 Å². The monoisotopic (exact) mass is 267 g/mol. The SMILES string of the molecule is CC1CCCC(CN)(N(C)C2CCN(C)CC2)C1C. The third kappa shape index (κ3) is 2.84. The van der Waals surface area contributed by atoms with Gasteiger partial charge in [-0.25, -0.2) is 0 Å². The van der Waals surface area contributed by atoms with E-state index in [-0.39, 0.29) is 5.54 Å². The zero-order chi connectivity index (χ0) is 14.0. The van der Waals surface area contributed by atoms with Crippen molar-refractivity contribution >= 4 is 0 Å². The van der Waals surface area contributed by atoms with Gasteiger partial charge < -0.3 is 10.6 Å². The first-order valence-electron chi connectivity index (χ1n) is 8.13. The first-order valence-corrected chi connectivity index (χ1v) is 8.13. The van der Waals surface area contributed by atoms with Crippen LogP contribution in [0.3, 0.4) is 0 Å². The fourth-order valence-corrected chi connectivity index (χ4v) is 4.41. The van der Waals surface area contributed by atoms with Gasteiger partial charge in [-0.1, -0.05) is 26.7 Å². The van der Waals surface area contributed by atoms with Gasteiger partial charge in [-0.15, -0.1) is 0 Å². The maximum atomic E-state index is 6.27. The van der Waals surface area contributed by atoms with Gasteiger partial charge in [0.2, 0.25) is 0 Å². The van der Waals surface area contributed by atoms with E-state index in [0.29, 0.717) is 0 Å². The molecule has 3 unspecified atom stereocenters. The predicted octanol–water partition coefficient (Wildman–Crippen LogP) is 2.17. The minimum absolute atomic E-state index is 0.248. The van der Waals surface area contributed by atoms with Gasteiger partial charge in [0.15, 0.2) is 0 Å². The second kappa shape index (κ2) is 6.11. The average molecular weight is 267 g/mol. The van der Waals surface area contributed by atoms with Crippen molar-refractivity contribution in [3.05, 3.63) is 0 Å². The van der Waals surface area contributed by atoms with Gasteiger partial charge in [-0.3, -0.25) is 4.90 Å². The number of piperidine rings is 1. The smallest absolute Gasteiger partial charge is 0.0359 e. The van der Waals surface area contributed by atoms with Crippen LogP contribution in [0.25, 0.3) is 0 Å². The van der Waals surface area contributed by atoms with Crippen molar-refractivity contribution in [2.75, 3.05) is 33.7 Å². The largest absolute Gasteiger partial charge is 0.329 e. The lowest BCUT2D eigenvalue weighted by Gasteiger charge is -2.54. The van der Waals surface area contributed by atoms with E-state index in [1.165, 1.54) is 45.2 Å². The molecule has 112 valence electrons. The molecule has 0 spiro atoms. The molecule has 1 heterocycles. The fraction of sp³-hybridized carbons (Fsp3) is 1.00. The highest BCUT2D eigenvalue weighted by atomic mass is 15.2. The van der Waals surface area contributed by atoms with Crippen LogP contribution in [0.5, 0.6) is 0 Å². The summed E-state index contributed by atoms with van der Waals surface area (Å²) in [4.78, 5) is 5.13. The molecule has 3 nitrogen and oxygen atoms in total. The molecular formula is C16H33N3. The maximum absolute atomic E-state index is 6.27. The van der Waals surface area contributed by atoms with Crippen molar-refractivity contribution in [1.29, 1.82) is 0 Å². The number of nitrogens with two attached hydrogens (primary N) is 1. The number of nitrogens with zero attached hydrogens (tertiary/aromatic N) is 2. The van der Waals surface area contributed by atoms with Crippen molar-refractivity contribution in [3.63, 3.8) is 0 Å². The van der Waals surface area contributed by atoms with Crippen LogP contribution in [0.2, 0.25) is 0 Å². The van der Waals surface area contributed by atoms with E-state index in [9.17, 15) is 0 Å². The Kier molecular flexibility index (Phi) is 4.91. The van der Waals surface area contributed by atoms with Crippen LogP contribution in [-0.2, 0) is 0 Å². The van der Waals surface area contributed by atoms with Gasteiger partial charge in [0.05, 0.1) is 0 Å². The van der Waals surface area contributed by atoms with E-state index in [1.807, 2.05) is 0 Å². The summed E-state index contributed by atoms with van der Waals surface area (Å²) in [5.41, 5.74) is 6.52. The zero-order valence-electron chi connectivity index (χ0n) is 13.4. The molecule has 0 bridgehead atoms. The molecule has 2 rings (SSSR count). The predicted molar refractivity (Wildman–Crippen MR) is 82.2 cm³/mol. The van der Waals surface area contributed by atoms with Gasteiger partial charge >= 0.3 is 0 Å². The van der Waals surface area contributed by atoms with Gasteiger partial charge in [-0.2, -0.15) is 0 Å². The van der Waals surface area contributed by atoms with Gasteiger partial charge in [0, 0.05) is 18.1 Å². The van der Waals surface area contributed by atoms with Crippen molar-refractivity contribution in [3.8, 4) is 0 Å². The topological polar surface area (TPSA) is 32.5 Å². The Morgan fingerprint density at radius 2 is 1.84 bits per heavy atom. The third-order valence-corrected chi connectivity index (χ3v) is 6.26. The summed E-state index contributed by atoms with van der Waals surface area (Å²) >= 11 is 0. The van der Waals surface area contributed by atoms with E-state index in [2.05, 4.69) is 37.7 Å². The number of likely N-dealkylation sites (tertiary alicyclic amines) is 1. The molecular weight excluding hydrogens is 234 g/mol. The van der Waals surface area contributed by atoms with E-state index in [4.69, 9.17) is 5.73 Å². The van der Waals surface area contributed by atoms with Crippen LogP contribution in [0, 0.1) is 11.8 Å². The summed E-state index contributed by atoms with van der Waals surface area (Å²) in [7, 11) is 4.58. The number of likely N-dealkylation sites (N-methyl/N-ethyl adjacent to an activating group) is 1. The molecule has 0 aromatic heterocycles. The van der Waals surface area contributed by atoms with Crippen LogP contribution in [0.1, 0.15) is 46.0 Å². The van der Waals surface area contributed by atoms with Crippen molar-refractivity contribution < 1.29 is 0 Å². The first kappa shape index (κ1) is 15.3. The Morgan fingerprint density at radius 3 is 2.42 bits per heavy atom. The van der Waals surface area contributed by atoms with Gasteiger partial charge in [0.1, 0.15) is 0 Å². The standard InChI is InChI=1S/C16H33N3/c1-13-6-5-9-16(12-17,14(13)2)19(4)15-7-10-18(3)11-8-15/h13-15H,5-12,17H2,1-4H3. The molecule has 1 saturated carbocycles. The molecule has 1 saturated heterocycles. The third-order valence-electron chi connectivity index (χ3n) is 6.26. The molecule has 2 N–H and O–H groups in total. The van der Waals surface area contributed by atoms with Crippen molar-refractivity contribution in [1.82, 2.24) is 9.80 Å². The van der Waals surface area contributed by atoms with Crippen LogP contribution >= 0.6 is 0 Å². The Balaban J connectivity index is 2.11. The highest BCUT2D eigenvalue weighted by Crippen LogP contribution is 2.42. The lowest BCUT2D eigenvalue weighted by molar-refractivity contribution is -0.0337. The first-order chi connectivity index (χ1) is 9.01. The Hall–Kier alpha value is -0.120. The van der Waals surface area contributed by atoms with E-state index in [0.717, 1.165) is 24.4 Å². The molecule has 1 aliphatic heterocycles. The van der Waals surface area contributed by atoms with Crippen LogP contribution in [-0.4, -0.2) is 55.1 Å². The van der Waals surface area contributed by atoms with Crippen molar-refractivity contribution in [2.24, 2.45) is 17.6 Å². The van der Waals surface area contributed by atoms with Crippen molar-refractivity contribution in [2.45, 2.75) is 57.5 Å². The summed E-state index contributed by atoms with van der Waals surface area (Å²) in [6.07, 6.45) is 6.62. The molecule has 0 aromatic carbocycles. The van der Waals surface area contributed by atoms with E-state index >= 15 is 0 Å². The maximum Gasteiger partial charge on any atom is 0.0359 e. The molecule has 0 radical (unpaired) electrons. The second-order valence-electron chi connectivity index (χ2n) is 7.11. The van der Waals surface area contributed by atoms with Gasteiger partial charge in [0.25, 0.3) is 0 Å². The normalized spacial score (nSPS) is 38.8. The number of hydrogen-bond donors (Lipinski definition) is 1. The lowest BCUT2D eigenvalue weighted by atomic mass is 9.67. The number of rotatable bonds is 3. The summed E-state index contributed by atoms with van der Waals surface area (Å²) in [6, 6.07) is 0.729. The minimum atomic E-state index is 0.248. The molecule has 19 heavy (non-hydrogen) atoms. The summed E-state index contributed by atoms with van der Waals surface area (Å²) in [5.74, 6) is 1.53. The second-order valence-corrected chi connectivity index (χ2v) is 7.11. The zero-order valence-corrected chi connectivity index (χ0v) is 13.4. The van der Waals surface area contributed by atoms with Gasteiger partial charge in [-0.05, 0) is 58.3 Å². The van der Waals surface area contributed by atoms with Crippen LogP contribution in [0.15, 0.2) is 0 Å². The Morgan fingerprint density at radius 1 is 1.21 bits per heavy atom.